The van der Waals surface area contributed by atoms with Gasteiger partial charge in [0.25, 0.3) is 0 Å². The van der Waals surface area contributed by atoms with Gasteiger partial charge in [-0.15, -0.1) is 16.4 Å². The Morgan fingerprint density at radius 2 is 2.18 bits per heavy atom. The first-order chi connectivity index (χ1) is 13.2. The molecule has 0 aromatic carbocycles. The molecule has 2 rings (SSSR count). The maximum atomic E-state index is 12.0. The summed E-state index contributed by atoms with van der Waals surface area (Å²) >= 11 is 4.85. The summed E-state index contributed by atoms with van der Waals surface area (Å²) < 4.78 is 8.15. The third kappa shape index (κ3) is 7.01. The van der Waals surface area contributed by atoms with Gasteiger partial charge in [-0.25, -0.2) is 9.67 Å². The highest BCUT2D eigenvalue weighted by atomic mass is 79.9. The predicted molar refractivity (Wildman–Crippen MR) is 114 cm³/mol. The van der Waals surface area contributed by atoms with Crippen molar-refractivity contribution in [2.24, 2.45) is 5.92 Å². The molecule has 2 aromatic rings. The second kappa shape index (κ2) is 10.6. The number of aromatic nitrogens is 5. The molecule has 1 unspecified atom stereocenters. The van der Waals surface area contributed by atoms with Crippen LogP contribution in [0.2, 0.25) is 25.7 Å². The first-order valence-corrected chi connectivity index (χ1v) is 14.8. The van der Waals surface area contributed by atoms with Crippen LogP contribution in [0, 0.1) is 5.92 Å². The zero-order valence-electron chi connectivity index (χ0n) is 16.8. The van der Waals surface area contributed by atoms with Crippen molar-refractivity contribution in [2.75, 3.05) is 6.61 Å². The van der Waals surface area contributed by atoms with Gasteiger partial charge in [0.15, 0.2) is 9.74 Å². The summed E-state index contributed by atoms with van der Waals surface area (Å²) in [5, 5.41) is 23.7. The number of halogens is 1. The maximum Gasteiger partial charge on any atom is 0.307 e. The Labute approximate surface area is 178 Å². The molecule has 2 aromatic heterocycles. The number of ether oxygens (including phenoxy) is 1. The first kappa shape index (κ1) is 23.1. The number of carboxylic acid groups (broad SMARTS) is 1. The molecule has 2 heterocycles. The van der Waals surface area contributed by atoms with Gasteiger partial charge in [-0.05, 0) is 38.8 Å². The fourth-order valence-corrected chi connectivity index (χ4v) is 4.74. The van der Waals surface area contributed by atoms with Crippen molar-refractivity contribution in [3.63, 3.8) is 0 Å². The third-order valence-corrected chi connectivity index (χ3v) is 7.57. The molecule has 0 saturated heterocycles. The van der Waals surface area contributed by atoms with E-state index in [2.05, 4.69) is 56.1 Å². The molecule has 0 radical (unpaired) electrons. The number of carbonyl (C=O) groups is 1. The largest absolute Gasteiger partial charge is 0.481 e. The molecule has 8 nitrogen and oxygen atoms in total. The van der Waals surface area contributed by atoms with Crippen molar-refractivity contribution in [2.45, 2.75) is 64.5 Å². The molecule has 0 aliphatic rings. The number of nitrogens with zero attached hydrogens (tertiary/aromatic N) is 5. The van der Waals surface area contributed by atoms with E-state index in [1.54, 1.807) is 4.68 Å². The molecule has 1 N–H and O–H groups in total. The van der Waals surface area contributed by atoms with Crippen LogP contribution < -0.4 is 0 Å². The van der Waals surface area contributed by atoms with E-state index in [-0.39, 0.29) is 12.6 Å². The molecule has 11 heteroatoms. The van der Waals surface area contributed by atoms with Crippen LogP contribution >= 0.6 is 27.3 Å². The molecule has 0 aliphatic heterocycles. The van der Waals surface area contributed by atoms with Crippen LogP contribution in [0.3, 0.4) is 0 Å². The maximum absolute atomic E-state index is 12.0. The highest BCUT2D eigenvalue weighted by Crippen LogP contribution is 2.31. The Bertz CT molecular complexity index is 764. The van der Waals surface area contributed by atoms with E-state index >= 15 is 0 Å². The number of aliphatic carboxylic acids is 1. The Morgan fingerprint density at radius 3 is 2.75 bits per heavy atom. The molecule has 0 amide bonds. The summed E-state index contributed by atoms with van der Waals surface area (Å²) in [7, 11) is -1.18. The van der Waals surface area contributed by atoms with E-state index in [0.29, 0.717) is 25.3 Å². The lowest BCUT2D eigenvalue weighted by atomic mass is 9.84. The highest BCUT2D eigenvalue weighted by Gasteiger charge is 2.33. The van der Waals surface area contributed by atoms with E-state index in [1.165, 1.54) is 11.3 Å². The van der Waals surface area contributed by atoms with Crippen LogP contribution in [0.4, 0.5) is 0 Å². The predicted octanol–water partition coefficient (Wildman–Crippen LogP) is 4.03. The van der Waals surface area contributed by atoms with Gasteiger partial charge in [-0.1, -0.05) is 33.0 Å². The minimum Gasteiger partial charge on any atom is -0.481 e. The summed E-state index contributed by atoms with van der Waals surface area (Å²) in [5.41, 5.74) is 0.832. The summed E-state index contributed by atoms with van der Waals surface area (Å²) in [6, 6.07) is 1.05. The van der Waals surface area contributed by atoms with Gasteiger partial charge in [0, 0.05) is 32.4 Å². The quantitative estimate of drug-likeness (QED) is 0.354. The van der Waals surface area contributed by atoms with Crippen LogP contribution in [0.5, 0.6) is 0 Å². The van der Waals surface area contributed by atoms with Crippen molar-refractivity contribution >= 4 is 41.3 Å². The highest BCUT2D eigenvalue weighted by molar-refractivity contribution is 9.11. The van der Waals surface area contributed by atoms with Crippen LogP contribution in [-0.4, -0.2) is 50.9 Å². The average molecular weight is 491 g/mol. The molecular formula is C17H28BrN5O3SSi. The van der Waals surface area contributed by atoms with E-state index < -0.39 is 20.0 Å². The monoisotopic (exact) mass is 489 g/mol. The van der Waals surface area contributed by atoms with E-state index in [0.717, 1.165) is 22.1 Å². The third-order valence-electron chi connectivity index (χ3n) is 4.46. The molecule has 0 aliphatic carbocycles. The molecule has 156 valence electrons. The fourth-order valence-electron chi connectivity index (χ4n) is 2.92. The lowest BCUT2D eigenvalue weighted by Gasteiger charge is -2.22. The smallest absolute Gasteiger partial charge is 0.307 e. The van der Waals surface area contributed by atoms with E-state index in [1.807, 2.05) is 12.3 Å². The Balaban J connectivity index is 2.20. The van der Waals surface area contributed by atoms with Crippen molar-refractivity contribution in [1.29, 1.82) is 0 Å². The minimum absolute atomic E-state index is 0.225. The zero-order valence-corrected chi connectivity index (χ0v) is 20.2. The van der Waals surface area contributed by atoms with Crippen LogP contribution in [-0.2, 0) is 22.7 Å². The van der Waals surface area contributed by atoms with Crippen molar-refractivity contribution in [1.82, 2.24) is 25.2 Å². The molecule has 0 spiro atoms. The second-order valence-electron chi connectivity index (χ2n) is 8.02. The number of hydrogen-bond donors (Lipinski definition) is 1. The first-order valence-electron chi connectivity index (χ1n) is 9.37. The summed E-state index contributed by atoms with van der Waals surface area (Å²) in [5.74, 6) is -1.26. The zero-order chi connectivity index (χ0) is 20.7. The number of tetrazole rings is 1. The summed E-state index contributed by atoms with van der Waals surface area (Å²) in [4.78, 5) is 16.4. The topological polar surface area (TPSA) is 103 Å². The second-order valence-corrected chi connectivity index (χ2v) is 15.8. The molecular weight excluding hydrogens is 462 g/mol. The molecule has 0 saturated carbocycles. The van der Waals surface area contributed by atoms with Gasteiger partial charge in [-0.3, -0.25) is 4.79 Å². The Morgan fingerprint density at radius 1 is 1.43 bits per heavy atom. The molecule has 0 fully saturated rings. The van der Waals surface area contributed by atoms with Gasteiger partial charge >= 0.3 is 5.97 Å². The van der Waals surface area contributed by atoms with Crippen LogP contribution in [0.25, 0.3) is 0 Å². The fraction of sp³-hybridized carbons (Fsp3) is 0.706. The number of rotatable bonds is 12. The van der Waals surface area contributed by atoms with Gasteiger partial charge in [0.2, 0.25) is 0 Å². The van der Waals surface area contributed by atoms with Crippen molar-refractivity contribution in [3.05, 3.63) is 20.8 Å². The number of hydrogen-bond acceptors (Lipinski definition) is 7. The molecule has 2 atom stereocenters. The number of thiazole rings is 1. The lowest BCUT2D eigenvalue weighted by molar-refractivity contribution is -0.143. The van der Waals surface area contributed by atoms with Crippen LogP contribution in [0.1, 0.15) is 37.2 Å². The lowest BCUT2D eigenvalue weighted by Crippen LogP contribution is -2.27. The van der Waals surface area contributed by atoms with Crippen molar-refractivity contribution in [3.8, 4) is 0 Å². The SMILES string of the molecule is CCCC(C(=O)O)[C@H](Cc1csc(Br)n1)c1nnnn1COCC[Si](C)(C)C. The summed E-state index contributed by atoms with van der Waals surface area (Å²) in [6.45, 7) is 9.74. The molecule has 28 heavy (non-hydrogen) atoms. The van der Waals surface area contributed by atoms with E-state index in [4.69, 9.17) is 4.74 Å². The van der Waals surface area contributed by atoms with E-state index in [9.17, 15) is 9.90 Å². The summed E-state index contributed by atoms with van der Waals surface area (Å²) in [6.07, 6.45) is 1.78. The molecule has 0 bridgehead atoms. The average Bonchev–Trinajstić information content (AvgIpc) is 3.22. The standard InChI is InChI=1S/C17H28BrN5O3SSi/c1-5-6-13(16(24)25)14(9-12-10-27-17(18)19-12)15-20-21-22-23(15)11-26-7-8-28(2,3)4/h10,13-14H,5-9,11H2,1-4H3,(H,24,25)/t13?,14-/m0/s1. The van der Waals surface area contributed by atoms with Gasteiger partial charge in [-0.2, -0.15) is 0 Å². The van der Waals surface area contributed by atoms with Crippen LogP contribution in [0.15, 0.2) is 9.30 Å². The Hall–Kier alpha value is -1.17. The van der Waals surface area contributed by atoms with Gasteiger partial charge in [0.1, 0.15) is 6.73 Å². The van der Waals surface area contributed by atoms with Gasteiger partial charge < -0.3 is 9.84 Å². The minimum atomic E-state index is -1.18. The van der Waals surface area contributed by atoms with Gasteiger partial charge in [0.05, 0.1) is 11.6 Å². The number of carboxylic acids is 1. The Kier molecular flexibility index (Phi) is 8.72. The normalized spacial score (nSPS) is 14.2. The van der Waals surface area contributed by atoms with Crippen molar-refractivity contribution < 1.29 is 14.6 Å².